The number of ether oxygens (including phenoxy) is 2. The van der Waals surface area contributed by atoms with Gasteiger partial charge in [-0.15, -0.1) is 0 Å². The van der Waals surface area contributed by atoms with Crippen LogP contribution in [0.1, 0.15) is 107 Å². The molecular formula is C35H52N3O3S+. The highest BCUT2D eigenvalue weighted by Gasteiger charge is 2.10. The maximum atomic E-state index is 12.7. The van der Waals surface area contributed by atoms with Gasteiger partial charge in [-0.3, -0.25) is 0 Å². The summed E-state index contributed by atoms with van der Waals surface area (Å²) in [4.78, 5) is 14.0. The van der Waals surface area contributed by atoms with Gasteiger partial charge in [0.1, 0.15) is 0 Å². The third-order valence-corrected chi connectivity index (χ3v) is 8.30. The van der Waals surface area contributed by atoms with Gasteiger partial charge in [0.05, 0.1) is 18.6 Å². The van der Waals surface area contributed by atoms with Crippen LogP contribution in [0.3, 0.4) is 0 Å². The normalized spacial score (nSPS) is 10.9. The molecule has 2 N–H and O–H groups in total. The quantitative estimate of drug-likeness (QED) is 0.0953. The Morgan fingerprint density at radius 3 is 2.00 bits per heavy atom. The van der Waals surface area contributed by atoms with E-state index in [1.807, 2.05) is 36.4 Å². The first-order valence-electron chi connectivity index (χ1n) is 16.0. The van der Waals surface area contributed by atoms with E-state index in [1.54, 1.807) is 18.4 Å². The Hall–Kier alpha value is -3.06. The number of thiazole rings is 1. The number of rotatable bonds is 21. The van der Waals surface area contributed by atoms with Gasteiger partial charge in [-0.25, -0.2) is 4.79 Å². The van der Waals surface area contributed by atoms with Crippen molar-refractivity contribution in [3.05, 3.63) is 64.6 Å². The number of carbonyl (C=O) groups excluding carboxylic acids is 1. The molecule has 0 aliphatic heterocycles. The van der Waals surface area contributed by atoms with Crippen molar-refractivity contribution < 1.29 is 18.8 Å². The highest BCUT2D eigenvalue weighted by Crippen LogP contribution is 2.30. The molecule has 0 unspecified atom stereocenters. The molecule has 7 heteroatoms. The average Bonchev–Trinajstić information content (AvgIpc) is 3.39. The molecule has 0 saturated heterocycles. The predicted octanol–water partition coefficient (Wildman–Crippen LogP) is 9.91. The van der Waals surface area contributed by atoms with Crippen LogP contribution in [0, 0.1) is 6.92 Å². The Kier molecular flexibility index (Phi) is 15.9. The minimum absolute atomic E-state index is 0.297. The van der Waals surface area contributed by atoms with E-state index in [0.29, 0.717) is 23.8 Å². The van der Waals surface area contributed by atoms with Crippen LogP contribution in [0.4, 0.5) is 16.2 Å². The fourth-order valence-electron chi connectivity index (χ4n) is 5.13. The van der Waals surface area contributed by atoms with Crippen molar-refractivity contribution in [1.82, 2.24) is 0 Å². The van der Waals surface area contributed by atoms with E-state index in [1.165, 1.54) is 88.3 Å². The van der Waals surface area contributed by atoms with Gasteiger partial charge in [0.25, 0.3) is 0 Å². The van der Waals surface area contributed by atoms with E-state index < -0.39 is 0 Å². The molecule has 230 valence electrons. The lowest BCUT2D eigenvalue weighted by Gasteiger charge is -2.13. The second-order valence-electron chi connectivity index (χ2n) is 11.2. The zero-order chi connectivity index (χ0) is 29.8. The van der Waals surface area contributed by atoms with Crippen LogP contribution in [0.25, 0.3) is 0 Å². The number of amides is 2. The fourth-order valence-corrected chi connectivity index (χ4v) is 5.76. The first-order valence-corrected chi connectivity index (χ1v) is 16.9. The summed E-state index contributed by atoms with van der Waals surface area (Å²) >= 11 is 1.72. The minimum atomic E-state index is -0.297. The third kappa shape index (κ3) is 13.3. The van der Waals surface area contributed by atoms with E-state index in [0.717, 1.165) is 24.2 Å². The highest BCUT2D eigenvalue weighted by atomic mass is 32.1. The number of anilines is 2. The molecule has 1 aromatic heterocycles. The van der Waals surface area contributed by atoms with Gasteiger partial charge in [0.15, 0.2) is 24.2 Å². The van der Waals surface area contributed by atoms with Crippen LogP contribution in [-0.2, 0) is 6.54 Å². The van der Waals surface area contributed by atoms with Crippen LogP contribution in [0.2, 0.25) is 0 Å². The number of aromatic nitrogens is 1. The number of hydrogen-bond donors (Lipinski definition) is 2. The van der Waals surface area contributed by atoms with Gasteiger partial charge < -0.3 is 20.1 Å². The van der Waals surface area contributed by atoms with E-state index >= 15 is 0 Å². The lowest BCUT2D eigenvalue weighted by Crippen LogP contribution is -2.30. The van der Waals surface area contributed by atoms with E-state index in [-0.39, 0.29) is 6.03 Å². The summed E-state index contributed by atoms with van der Waals surface area (Å²) in [5, 5.41) is 5.86. The molecule has 42 heavy (non-hydrogen) atoms. The molecule has 0 radical (unpaired) electrons. The third-order valence-electron chi connectivity index (χ3n) is 7.45. The lowest BCUT2D eigenvalue weighted by atomic mass is 10.0. The fraction of sp³-hybridized carbons (Fsp3) is 0.543. The van der Waals surface area contributed by atoms with Crippen LogP contribution < -0.4 is 24.7 Å². The molecule has 0 spiro atoms. The molecule has 6 nitrogen and oxygen atoms in total. The number of aryl methyl sites for hydroxylation is 1. The SMILES string of the molecule is CCCCCCCCCCCCCCCCOc1cc(NC(=O)Nc2cccc(C[n+]3csc(C)c3)c2)ccc1OC. The second-order valence-corrected chi connectivity index (χ2v) is 12.3. The van der Waals surface area contributed by atoms with Crippen molar-refractivity contribution in [2.75, 3.05) is 24.4 Å². The zero-order valence-corrected chi connectivity index (χ0v) is 26.9. The topological polar surface area (TPSA) is 63.5 Å². The number of benzene rings is 2. The Labute approximate surface area is 257 Å². The second kappa shape index (κ2) is 20.0. The van der Waals surface area contributed by atoms with Gasteiger partial charge in [0.2, 0.25) is 5.51 Å². The Bertz CT molecular complexity index is 1180. The molecule has 1 heterocycles. The van der Waals surface area contributed by atoms with Gasteiger partial charge in [-0.1, -0.05) is 114 Å². The van der Waals surface area contributed by atoms with Crippen molar-refractivity contribution in [2.45, 2.75) is 110 Å². The summed E-state index contributed by atoms with van der Waals surface area (Å²) in [7, 11) is 1.64. The van der Waals surface area contributed by atoms with E-state index in [4.69, 9.17) is 9.47 Å². The molecule has 0 atom stereocenters. The summed E-state index contributed by atoms with van der Waals surface area (Å²) < 4.78 is 13.7. The van der Waals surface area contributed by atoms with Crippen molar-refractivity contribution in [1.29, 1.82) is 0 Å². The van der Waals surface area contributed by atoms with Crippen LogP contribution in [-0.4, -0.2) is 19.7 Å². The largest absolute Gasteiger partial charge is 0.493 e. The molecular weight excluding hydrogens is 542 g/mol. The van der Waals surface area contributed by atoms with Crippen LogP contribution in [0.5, 0.6) is 11.5 Å². The molecule has 0 aliphatic carbocycles. The molecule has 2 amide bonds. The summed E-state index contributed by atoms with van der Waals surface area (Å²) in [5.41, 5.74) is 4.63. The summed E-state index contributed by atoms with van der Waals surface area (Å²) in [6.07, 6.45) is 20.8. The molecule has 0 aliphatic rings. The molecule has 0 bridgehead atoms. The maximum Gasteiger partial charge on any atom is 0.323 e. The van der Waals surface area contributed by atoms with Crippen molar-refractivity contribution in [3.8, 4) is 11.5 Å². The summed E-state index contributed by atoms with van der Waals surface area (Å²) in [6.45, 7) is 5.78. The monoisotopic (exact) mass is 594 g/mol. The Morgan fingerprint density at radius 2 is 1.40 bits per heavy atom. The number of carbonyl (C=O) groups is 1. The Morgan fingerprint density at radius 1 is 0.786 bits per heavy atom. The van der Waals surface area contributed by atoms with Gasteiger partial charge in [-0.05, 0) is 37.6 Å². The van der Waals surface area contributed by atoms with Crippen LogP contribution >= 0.6 is 11.3 Å². The zero-order valence-electron chi connectivity index (χ0n) is 26.1. The standard InChI is InChI=1S/C35H51N3O3S/c1-4-5-6-7-8-9-10-11-12-13-14-15-16-17-23-41-34-25-32(21-22-33(34)40-3)37-35(39)36-31-20-18-19-30(24-31)27-38-26-29(2)42-28-38/h18-22,24-26,28H,4-17,23,27H2,1-3H3,(H-,36,37,39)/p+1. The van der Waals surface area contributed by atoms with Gasteiger partial charge in [0, 0.05) is 23.0 Å². The lowest BCUT2D eigenvalue weighted by molar-refractivity contribution is -0.683. The van der Waals surface area contributed by atoms with Gasteiger partial charge in [-0.2, -0.15) is 4.57 Å². The molecule has 3 rings (SSSR count). The van der Waals surface area contributed by atoms with Crippen molar-refractivity contribution in [3.63, 3.8) is 0 Å². The summed E-state index contributed by atoms with van der Waals surface area (Å²) in [6, 6.07) is 13.1. The number of unbranched alkanes of at least 4 members (excludes halogenated alkanes) is 13. The molecule has 2 aromatic carbocycles. The number of methoxy groups -OCH3 is 1. The molecule has 0 saturated carbocycles. The number of urea groups is 1. The number of hydrogen-bond acceptors (Lipinski definition) is 4. The summed E-state index contributed by atoms with van der Waals surface area (Å²) in [5.74, 6) is 1.32. The van der Waals surface area contributed by atoms with Crippen molar-refractivity contribution >= 4 is 28.7 Å². The molecule has 0 fully saturated rings. The predicted molar refractivity (Wildman–Crippen MR) is 176 cm³/mol. The molecule has 3 aromatic rings. The van der Waals surface area contributed by atoms with E-state index in [9.17, 15) is 4.79 Å². The first kappa shape index (κ1) is 33.4. The van der Waals surface area contributed by atoms with Crippen LogP contribution in [0.15, 0.2) is 54.2 Å². The first-order chi connectivity index (χ1) is 20.6. The Balaban J connectivity index is 1.32. The van der Waals surface area contributed by atoms with Gasteiger partial charge >= 0.3 is 6.03 Å². The van der Waals surface area contributed by atoms with Crippen molar-refractivity contribution in [2.24, 2.45) is 0 Å². The van der Waals surface area contributed by atoms with E-state index in [2.05, 4.69) is 46.8 Å². The number of nitrogens with one attached hydrogen (secondary N) is 2. The number of nitrogens with zero attached hydrogens (tertiary/aromatic N) is 1. The smallest absolute Gasteiger partial charge is 0.323 e. The maximum absolute atomic E-state index is 12.7. The minimum Gasteiger partial charge on any atom is -0.493 e. The highest BCUT2D eigenvalue weighted by molar-refractivity contribution is 7.09. The average molecular weight is 595 g/mol.